The first-order chi connectivity index (χ1) is 9.93. The molecule has 0 atom stereocenters. The number of carbonyl (C=O) groups excluding carboxylic acids is 1. The molecule has 21 heavy (non-hydrogen) atoms. The Morgan fingerprint density at radius 3 is 2.10 bits per heavy atom. The third-order valence-corrected chi connectivity index (χ3v) is 3.69. The number of ether oxygens (including phenoxy) is 1. The summed E-state index contributed by atoms with van der Waals surface area (Å²) in [4.78, 5) is 12.5. The fraction of sp³-hybridized carbons (Fsp3) is 0.278. The second-order valence-electron chi connectivity index (χ2n) is 5.67. The number of hydrogen-bond donors (Lipinski definition) is 1. The zero-order valence-electron chi connectivity index (χ0n) is 12.9. The lowest BCUT2D eigenvalue weighted by Crippen LogP contribution is -2.34. The maximum atomic E-state index is 12.5. The molecule has 2 rings (SSSR count). The highest BCUT2D eigenvalue weighted by Gasteiger charge is 2.29. The molecule has 0 heterocycles. The van der Waals surface area contributed by atoms with E-state index in [0.717, 1.165) is 17.0 Å². The van der Waals surface area contributed by atoms with Gasteiger partial charge in [-0.3, -0.25) is 4.79 Å². The maximum Gasteiger partial charge on any atom is 0.234 e. The molecule has 2 aromatic carbocycles. The van der Waals surface area contributed by atoms with Gasteiger partial charge in [-0.15, -0.1) is 0 Å². The number of rotatable bonds is 4. The lowest BCUT2D eigenvalue weighted by molar-refractivity contribution is -0.120. The topological polar surface area (TPSA) is 38.3 Å². The van der Waals surface area contributed by atoms with Crippen LogP contribution in [0.2, 0.25) is 0 Å². The summed E-state index contributed by atoms with van der Waals surface area (Å²) in [7, 11) is 1.62. The quantitative estimate of drug-likeness (QED) is 0.923. The lowest BCUT2D eigenvalue weighted by Gasteiger charge is -2.24. The Kier molecular flexibility index (Phi) is 4.32. The highest BCUT2D eigenvalue weighted by molar-refractivity contribution is 5.98. The Labute approximate surface area is 126 Å². The molecule has 0 radical (unpaired) electrons. The van der Waals surface area contributed by atoms with Crippen molar-refractivity contribution >= 4 is 11.6 Å². The molecule has 0 bridgehead atoms. The van der Waals surface area contributed by atoms with E-state index in [1.165, 1.54) is 5.56 Å². The molecule has 0 aliphatic heterocycles. The second-order valence-corrected chi connectivity index (χ2v) is 5.67. The zero-order chi connectivity index (χ0) is 15.5. The largest absolute Gasteiger partial charge is 0.497 e. The van der Waals surface area contributed by atoms with Crippen LogP contribution in [0.25, 0.3) is 0 Å². The van der Waals surface area contributed by atoms with Crippen molar-refractivity contribution in [2.24, 2.45) is 0 Å². The molecule has 0 spiro atoms. The summed E-state index contributed by atoms with van der Waals surface area (Å²) >= 11 is 0. The van der Waals surface area contributed by atoms with Gasteiger partial charge in [-0.1, -0.05) is 29.8 Å². The number of carbonyl (C=O) groups is 1. The van der Waals surface area contributed by atoms with Crippen LogP contribution in [-0.2, 0) is 10.2 Å². The zero-order valence-corrected chi connectivity index (χ0v) is 12.9. The van der Waals surface area contributed by atoms with Crippen molar-refractivity contribution in [3.63, 3.8) is 0 Å². The Balaban J connectivity index is 2.15. The molecular formula is C18H21NO2. The molecule has 2 aromatic rings. The van der Waals surface area contributed by atoms with Crippen LogP contribution < -0.4 is 10.1 Å². The monoisotopic (exact) mass is 283 g/mol. The van der Waals surface area contributed by atoms with E-state index in [2.05, 4.69) is 5.32 Å². The highest BCUT2D eigenvalue weighted by Crippen LogP contribution is 2.26. The normalized spacial score (nSPS) is 11.0. The van der Waals surface area contributed by atoms with Gasteiger partial charge >= 0.3 is 0 Å². The van der Waals surface area contributed by atoms with E-state index in [-0.39, 0.29) is 5.91 Å². The van der Waals surface area contributed by atoms with E-state index in [9.17, 15) is 4.79 Å². The molecule has 3 nitrogen and oxygen atoms in total. The summed E-state index contributed by atoms with van der Waals surface area (Å²) < 4.78 is 5.11. The fourth-order valence-corrected chi connectivity index (χ4v) is 2.06. The number of amides is 1. The van der Waals surface area contributed by atoms with Crippen LogP contribution in [0.4, 0.5) is 5.69 Å². The number of anilines is 1. The first-order valence-corrected chi connectivity index (χ1v) is 6.96. The number of benzene rings is 2. The van der Waals surface area contributed by atoms with Crippen LogP contribution in [0.15, 0.2) is 48.5 Å². The second kappa shape index (κ2) is 6.00. The smallest absolute Gasteiger partial charge is 0.234 e. The van der Waals surface area contributed by atoms with Gasteiger partial charge in [0.1, 0.15) is 5.75 Å². The van der Waals surface area contributed by atoms with Gasteiger partial charge in [0.15, 0.2) is 0 Å². The molecule has 110 valence electrons. The van der Waals surface area contributed by atoms with E-state index in [1.54, 1.807) is 7.11 Å². The minimum atomic E-state index is -0.590. The fourth-order valence-electron chi connectivity index (χ4n) is 2.06. The standard InChI is InChI=1S/C18H21NO2/c1-13-5-7-14(8-6-13)18(2,3)17(20)19-15-9-11-16(21-4)12-10-15/h5-12H,1-4H3,(H,19,20). The van der Waals surface area contributed by atoms with Gasteiger partial charge in [-0.2, -0.15) is 0 Å². The van der Waals surface area contributed by atoms with E-state index < -0.39 is 5.41 Å². The molecular weight excluding hydrogens is 262 g/mol. The molecule has 0 unspecified atom stereocenters. The molecule has 1 amide bonds. The molecule has 0 aromatic heterocycles. The molecule has 3 heteroatoms. The molecule has 0 saturated carbocycles. The first kappa shape index (κ1) is 15.1. The van der Waals surface area contributed by atoms with Gasteiger partial charge in [0, 0.05) is 5.69 Å². The van der Waals surface area contributed by atoms with E-state index in [1.807, 2.05) is 69.3 Å². The minimum Gasteiger partial charge on any atom is -0.497 e. The van der Waals surface area contributed by atoms with Crippen LogP contribution in [-0.4, -0.2) is 13.0 Å². The average molecular weight is 283 g/mol. The molecule has 1 N–H and O–H groups in total. The number of aryl methyl sites for hydroxylation is 1. The van der Waals surface area contributed by atoms with Gasteiger partial charge in [0.2, 0.25) is 5.91 Å². The summed E-state index contributed by atoms with van der Waals surface area (Å²) in [5, 5.41) is 2.95. The van der Waals surface area contributed by atoms with Crippen molar-refractivity contribution in [3.05, 3.63) is 59.7 Å². The van der Waals surface area contributed by atoms with Gasteiger partial charge in [-0.25, -0.2) is 0 Å². The van der Waals surface area contributed by atoms with Crippen molar-refractivity contribution in [2.75, 3.05) is 12.4 Å². The van der Waals surface area contributed by atoms with Crippen LogP contribution in [0.5, 0.6) is 5.75 Å². The molecule has 0 saturated heterocycles. The highest BCUT2D eigenvalue weighted by atomic mass is 16.5. The Morgan fingerprint density at radius 2 is 1.57 bits per heavy atom. The number of hydrogen-bond acceptors (Lipinski definition) is 2. The lowest BCUT2D eigenvalue weighted by atomic mass is 9.83. The van der Waals surface area contributed by atoms with Crippen molar-refractivity contribution in [3.8, 4) is 5.75 Å². The van der Waals surface area contributed by atoms with E-state index >= 15 is 0 Å². The van der Waals surface area contributed by atoms with Crippen LogP contribution in [0.1, 0.15) is 25.0 Å². The van der Waals surface area contributed by atoms with Gasteiger partial charge in [-0.05, 0) is 50.6 Å². The molecule has 0 aliphatic carbocycles. The summed E-state index contributed by atoms with van der Waals surface area (Å²) in [6.45, 7) is 5.89. The van der Waals surface area contributed by atoms with Crippen LogP contribution in [0, 0.1) is 6.92 Å². The summed E-state index contributed by atoms with van der Waals surface area (Å²) in [5.74, 6) is 0.738. The number of methoxy groups -OCH3 is 1. The SMILES string of the molecule is COc1ccc(NC(=O)C(C)(C)c2ccc(C)cc2)cc1. The Hall–Kier alpha value is -2.29. The van der Waals surface area contributed by atoms with Gasteiger partial charge < -0.3 is 10.1 Å². The summed E-state index contributed by atoms with van der Waals surface area (Å²) in [6.07, 6.45) is 0. The van der Waals surface area contributed by atoms with Gasteiger partial charge in [0.05, 0.1) is 12.5 Å². The molecule has 0 aliphatic rings. The van der Waals surface area contributed by atoms with Crippen molar-refractivity contribution in [2.45, 2.75) is 26.2 Å². The van der Waals surface area contributed by atoms with Crippen molar-refractivity contribution < 1.29 is 9.53 Å². The Bertz CT molecular complexity index is 613. The van der Waals surface area contributed by atoms with Crippen LogP contribution >= 0.6 is 0 Å². The van der Waals surface area contributed by atoms with Gasteiger partial charge in [0.25, 0.3) is 0 Å². The first-order valence-electron chi connectivity index (χ1n) is 6.96. The number of nitrogens with one attached hydrogen (secondary N) is 1. The van der Waals surface area contributed by atoms with Crippen LogP contribution in [0.3, 0.4) is 0 Å². The Morgan fingerprint density at radius 1 is 1.00 bits per heavy atom. The van der Waals surface area contributed by atoms with E-state index in [4.69, 9.17) is 4.74 Å². The third-order valence-electron chi connectivity index (χ3n) is 3.69. The predicted octanol–water partition coefficient (Wildman–Crippen LogP) is 3.92. The minimum absolute atomic E-state index is 0.0310. The van der Waals surface area contributed by atoms with Crippen molar-refractivity contribution in [1.82, 2.24) is 0 Å². The van der Waals surface area contributed by atoms with E-state index in [0.29, 0.717) is 0 Å². The van der Waals surface area contributed by atoms with Crippen molar-refractivity contribution in [1.29, 1.82) is 0 Å². The summed E-state index contributed by atoms with van der Waals surface area (Å²) in [5.41, 5.74) is 2.36. The predicted molar refractivity (Wildman–Crippen MR) is 85.8 cm³/mol. The maximum absolute atomic E-state index is 12.5. The third kappa shape index (κ3) is 3.43. The average Bonchev–Trinajstić information content (AvgIpc) is 2.48. The molecule has 0 fully saturated rings. The summed E-state index contributed by atoms with van der Waals surface area (Å²) in [6, 6.07) is 15.4.